The van der Waals surface area contributed by atoms with Gasteiger partial charge < -0.3 is 14.4 Å². The number of aromatic carboxylic acids is 1. The molecule has 0 saturated carbocycles. The van der Waals surface area contributed by atoms with Crippen LogP contribution in [0.3, 0.4) is 0 Å². The summed E-state index contributed by atoms with van der Waals surface area (Å²) in [6.45, 7) is 3.57. The van der Waals surface area contributed by atoms with Crippen LogP contribution in [0.1, 0.15) is 37.8 Å². The normalized spacial score (nSPS) is 10.5. The van der Waals surface area contributed by atoms with E-state index in [9.17, 15) is 9.59 Å². The molecule has 2 rings (SSSR count). The summed E-state index contributed by atoms with van der Waals surface area (Å²) in [5.74, 6) is -0.575. The lowest BCUT2D eigenvalue weighted by Crippen LogP contribution is -2.26. The zero-order valence-electron chi connectivity index (χ0n) is 12.5. The highest BCUT2D eigenvalue weighted by atomic mass is 35.5. The van der Waals surface area contributed by atoms with Crippen LogP contribution in [-0.2, 0) is 6.54 Å². The molecule has 6 heteroatoms. The van der Waals surface area contributed by atoms with Gasteiger partial charge in [0.05, 0.1) is 17.1 Å². The van der Waals surface area contributed by atoms with Crippen LogP contribution >= 0.6 is 11.6 Å². The first-order chi connectivity index (χ1) is 10.3. The Labute approximate surface area is 133 Å². The van der Waals surface area contributed by atoms with Gasteiger partial charge in [-0.15, -0.1) is 0 Å². The number of carbonyl (C=O) groups is 2. The Morgan fingerprint density at radius 1 is 1.27 bits per heavy atom. The second kappa shape index (κ2) is 6.23. The van der Waals surface area contributed by atoms with Gasteiger partial charge in [-0.05, 0) is 31.5 Å². The number of aryl methyl sites for hydroxylation is 2. The second-order valence-corrected chi connectivity index (χ2v) is 5.46. The van der Waals surface area contributed by atoms with Crippen LogP contribution in [0.25, 0.3) is 0 Å². The van der Waals surface area contributed by atoms with Crippen LogP contribution in [0.4, 0.5) is 0 Å². The van der Waals surface area contributed by atoms with E-state index in [-0.39, 0.29) is 18.0 Å². The van der Waals surface area contributed by atoms with Crippen molar-refractivity contribution in [1.82, 2.24) is 4.90 Å². The minimum absolute atomic E-state index is 0.101. The Balaban J connectivity index is 2.20. The minimum atomic E-state index is -1.05. The van der Waals surface area contributed by atoms with Gasteiger partial charge in [0.25, 0.3) is 5.91 Å². The van der Waals surface area contributed by atoms with E-state index in [1.165, 1.54) is 11.0 Å². The van der Waals surface area contributed by atoms with Crippen LogP contribution < -0.4 is 0 Å². The zero-order valence-corrected chi connectivity index (χ0v) is 13.3. The number of rotatable bonds is 4. The molecular weight excluding hydrogens is 306 g/mol. The first kappa shape index (κ1) is 16.1. The van der Waals surface area contributed by atoms with Gasteiger partial charge in [-0.25, -0.2) is 4.79 Å². The number of furan rings is 1. The summed E-state index contributed by atoms with van der Waals surface area (Å²) in [6.07, 6.45) is 0. The summed E-state index contributed by atoms with van der Waals surface area (Å²) >= 11 is 6.16. The Morgan fingerprint density at radius 3 is 2.55 bits per heavy atom. The van der Waals surface area contributed by atoms with Gasteiger partial charge in [-0.2, -0.15) is 0 Å². The van der Waals surface area contributed by atoms with Crippen molar-refractivity contribution in [2.45, 2.75) is 20.4 Å². The fraction of sp³-hybridized carbons (Fsp3) is 0.250. The van der Waals surface area contributed by atoms with Crippen molar-refractivity contribution in [3.63, 3.8) is 0 Å². The van der Waals surface area contributed by atoms with Crippen molar-refractivity contribution in [3.05, 3.63) is 57.5 Å². The molecular formula is C16H16ClNO4. The van der Waals surface area contributed by atoms with Crippen LogP contribution in [-0.4, -0.2) is 28.9 Å². The second-order valence-electron chi connectivity index (χ2n) is 5.09. The first-order valence-electron chi connectivity index (χ1n) is 6.64. The third-order valence-corrected chi connectivity index (χ3v) is 3.86. The lowest BCUT2D eigenvalue weighted by molar-refractivity contribution is 0.0694. The van der Waals surface area contributed by atoms with Crippen molar-refractivity contribution in [3.8, 4) is 0 Å². The standard InChI is InChI=1S/C16H16ClNO4/c1-9-5-4-6-12(14(9)17)15(19)18(3)8-11-7-13(16(20)21)10(2)22-11/h4-7H,8H2,1-3H3,(H,20,21). The van der Waals surface area contributed by atoms with Gasteiger partial charge in [0.2, 0.25) is 0 Å². The van der Waals surface area contributed by atoms with E-state index in [1.54, 1.807) is 26.1 Å². The molecule has 1 heterocycles. The molecule has 1 aromatic carbocycles. The van der Waals surface area contributed by atoms with Crippen LogP contribution in [0.5, 0.6) is 0 Å². The Bertz CT molecular complexity index is 736. The predicted molar refractivity (Wildman–Crippen MR) is 82.4 cm³/mol. The largest absolute Gasteiger partial charge is 0.478 e. The molecule has 1 aromatic heterocycles. The topological polar surface area (TPSA) is 70.8 Å². The maximum Gasteiger partial charge on any atom is 0.339 e. The average Bonchev–Trinajstić information content (AvgIpc) is 2.82. The van der Waals surface area contributed by atoms with E-state index in [0.717, 1.165) is 5.56 Å². The fourth-order valence-electron chi connectivity index (χ4n) is 2.16. The lowest BCUT2D eigenvalue weighted by Gasteiger charge is -2.17. The summed E-state index contributed by atoms with van der Waals surface area (Å²) in [7, 11) is 1.61. The smallest absolute Gasteiger partial charge is 0.339 e. The fourth-order valence-corrected chi connectivity index (χ4v) is 2.36. The number of amides is 1. The molecule has 0 saturated heterocycles. The summed E-state index contributed by atoms with van der Waals surface area (Å²) in [5, 5.41) is 9.43. The molecule has 0 aliphatic carbocycles. The Morgan fingerprint density at radius 2 is 1.95 bits per heavy atom. The summed E-state index contributed by atoms with van der Waals surface area (Å²) in [6, 6.07) is 6.68. The highest BCUT2D eigenvalue weighted by Crippen LogP contribution is 2.23. The van der Waals surface area contributed by atoms with E-state index < -0.39 is 5.97 Å². The highest BCUT2D eigenvalue weighted by molar-refractivity contribution is 6.34. The molecule has 5 nitrogen and oxygen atoms in total. The van der Waals surface area contributed by atoms with E-state index in [2.05, 4.69) is 0 Å². The molecule has 1 amide bonds. The summed E-state index contributed by atoms with van der Waals surface area (Å²) in [4.78, 5) is 24.9. The molecule has 0 spiro atoms. The Hall–Kier alpha value is -2.27. The molecule has 0 unspecified atom stereocenters. The first-order valence-corrected chi connectivity index (χ1v) is 7.02. The van der Waals surface area contributed by atoms with Crippen molar-refractivity contribution >= 4 is 23.5 Å². The number of carboxylic acids is 1. The summed E-state index contributed by atoms with van der Waals surface area (Å²) in [5.41, 5.74) is 1.33. The van der Waals surface area contributed by atoms with Gasteiger partial charge in [0.1, 0.15) is 17.1 Å². The quantitative estimate of drug-likeness (QED) is 0.935. The predicted octanol–water partition coefficient (Wildman–Crippen LogP) is 3.52. The van der Waals surface area contributed by atoms with Crippen molar-refractivity contribution < 1.29 is 19.1 Å². The number of hydrogen-bond donors (Lipinski definition) is 1. The SMILES string of the molecule is Cc1cccc(C(=O)N(C)Cc2cc(C(=O)O)c(C)o2)c1Cl. The van der Waals surface area contributed by atoms with Gasteiger partial charge in [0.15, 0.2) is 0 Å². The van der Waals surface area contributed by atoms with Gasteiger partial charge in [0, 0.05) is 7.05 Å². The molecule has 0 bridgehead atoms. The summed E-state index contributed by atoms with van der Waals surface area (Å²) < 4.78 is 5.38. The number of nitrogens with zero attached hydrogens (tertiary/aromatic N) is 1. The molecule has 0 radical (unpaired) electrons. The van der Waals surface area contributed by atoms with E-state index in [4.69, 9.17) is 21.1 Å². The molecule has 116 valence electrons. The van der Waals surface area contributed by atoms with Gasteiger partial charge >= 0.3 is 5.97 Å². The van der Waals surface area contributed by atoms with Crippen molar-refractivity contribution in [2.24, 2.45) is 0 Å². The zero-order chi connectivity index (χ0) is 16.4. The van der Waals surface area contributed by atoms with Gasteiger partial charge in [-0.1, -0.05) is 23.7 Å². The van der Waals surface area contributed by atoms with Gasteiger partial charge in [-0.3, -0.25) is 4.79 Å². The number of halogens is 1. The average molecular weight is 322 g/mol. The molecule has 0 atom stereocenters. The van der Waals surface area contributed by atoms with Crippen LogP contribution in [0, 0.1) is 13.8 Å². The molecule has 0 fully saturated rings. The minimum Gasteiger partial charge on any atom is -0.478 e. The number of carbonyl (C=O) groups excluding carboxylic acids is 1. The molecule has 0 aliphatic rings. The maximum atomic E-state index is 12.4. The Kier molecular flexibility index (Phi) is 4.56. The molecule has 22 heavy (non-hydrogen) atoms. The number of benzene rings is 1. The number of hydrogen-bond acceptors (Lipinski definition) is 3. The van der Waals surface area contributed by atoms with E-state index in [1.807, 2.05) is 13.0 Å². The third kappa shape index (κ3) is 3.14. The lowest BCUT2D eigenvalue weighted by atomic mass is 10.1. The van der Waals surface area contributed by atoms with Crippen molar-refractivity contribution in [2.75, 3.05) is 7.05 Å². The van der Waals surface area contributed by atoms with E-state index >= 15 is 0 Å². The maximum absolute atomic E-state index is 12.4. The molecule has 0 aliphatic heterocycles. The van der Waals surface area contributed by atoms with Crippen LogP contribution in [0.2, 0.25) is 5.02 Å². The molecule has 1 N–H and O–H groups in total. The van der Waals surface area contributed by atoms with Crippen molar-refractivity contribution in [1.29, 1.82) is 0 Å². The monoisotopic (exact) mass is 321 g/mol. The highest BCUT2D eigenvalue weighted by Gasteiger charge is 2.19. The third-order valence-electron chi connectivity index (χ3n) is 3.36. The van der Waals surface area contributed by atoms with Crippen LogP contribution in [0.15, 0.2) is 28.7 Å². The van der Waals surface area contributed by atoms with E-state index in [0.29, 0.717) is 22.1 Å². The number of carboxylic acid groups (broad SMARTS) is 1. The molecule has 2 aromatic rings.